The summed E-state index contributed by atoms with van der Waals surface area (Å²) in [4.78, 5) is 24.0. The summed E-state index contributed by atoms with van der Waals surface area (Å²) in [6, 6.07) is 6.99. The number of aliphatic carboxylic acids is 1. The first kappa shape index (κ1) is 23.0. The standard InChI is InChI=1S/C22H34N2O4Si/c1-21(2,3)28-20(27)23-17(19(25)26)13-15-14-24(29(7,8)22(4,5)6)18-12-10-9-11-16(15)18/h9-12,14,17H,13H2,1-8H3,(H,23,27)(H,25,26). The summed E-state index contributed by atoms with van der Waals surface area (Å²) in [5.74, 6) is -1.08. The van der Waals surface area contributed by atoms with Crippen LogP contribution in [0, 0.1) is 0 Å². The first-order chi connectivity index (χ1) is 13.1. The van der Waals surface area contributed by atoms with Crippen molar-refractivity contribution in [1.29, 1.82) is 0 Å². The van der Waals surface area contributed by atoms with Gasteiger partial charge in [0, 0.05) is 17.3 Å². The van der Waals surface area contributed by atoms with Crippen LogP contribution in [0.5, 0.6) is 0 Å². The Kier molecular flexibility index (Phi) is 6.23. The summed E-state index contributed by atoms with van der Waals surface area (Å²) in [7, 11) is -1.91. The Hall–Kier alpha value is -2.28. The van der Waals surface area contributed by atoms with E-state index in [1.165, 1.54) is 0 Å². The Morgan fingerprint density at radius 3 is 2.24 bits per heavy atom. The number of amides is 1. The smallest absolute Gasteiger partial charge is 0.408 e. The van der Waals surface area contributed by atoms with Gasteiger partial charge in [0.2, 0.25) is 0 Å². The van der Waals surface area contributed by atoms with Gasteiger partial charge in [-0.05, 0) is 43.6 Å². The molecule has 2 N–H and O–H groups in total. The van der Waals surface area contributed by atoms with E-state index < -0.39 is 31.9 Å². The topological polar surface area (TPSA) is 80.6 Å². The number of hydrogen-bond acceptors (Lipinski definition) is 3. The molecule has 1 unspecified atom stereocenters. The van der Waals surface area contributed by atoms with Crippen LogP contribution >= 0.6 is 0 Å². The third kappa shape index (κ3) is 5.21. The average molecular weight is 419 g/mol. The first-order valence-corrected chi connectivity index (χ1v) is 12.9. The third-order valence-corrected chi connectivity index (χ3v) is 10.9. The van der Waals surface area contributed by atoms with E-state index in [9.17, 15) is 14.7 Å². The van der Waals surface area contributed by atoms with E-state index in [1.807, 2.05) is 18.2 Å². The number of carboxylic acids is 1. The molecule has 0 aliphatic carbocycles. The lowest BCUT2D eigenvalue weighted by Crippen LogP contribution is -2.45. The van der Waals surface area contributed by atoms with Crippen molar-refractivity contribution in [1.82, 2.24) is 9.55 Å². The van der Waals surface area contributed by atoms with Crippen molar-refractivity contribution >= 4 is 31.2 Å². The van der Waals surface area contributed by atoms with Crippen LogP contribution in [0.25, 0.3) is 10.9 Å². The summed E-state index contributed by atoms with van der Waals surface area (Å²) in [5, 5.41) is 13.3. The highest BCUT2D eigenvalue weighted by atomic mass is 28.3. The molecule has 6 nitrogen and oxygen atoms in total. The summed E-state index contributed by atoms with van der Waals surface area (Å²) in [6.45, 7) is 16.6. The zero-order valence-electron chi connectivity index (χ0n) is 18.8. The van der Waals surface area contributed by atoms with Crippen molar-refractivity contribution in [3.8, 4) is 0 Å². The number of carbonyl (C=O) groups is 2. The molecule has 1 aromatic heterocycles. The van der Waals surface area contributed by atoms with Gasteiger partial charge in [-0.2, -0.15) is 0 Å². The maximum atomic E-state index is 12.1. The summed E-state index contributed by atoms with van der Waals surface area (Å²) >= 11 is 0. The third-order valence-electron chi connectivity index (χ3n) is 5.65. The number of benzene rings is 1. The number of ether oxygens (including phenoxy) is 1. The number of para-hydroxylation sites is 1. The second-order valence-corrected chi connectivity index (χ2v) is 15.2. The van der Waals surface area contributed by atoms with E-state index in [1.54, 1.807) is 20.8 Å². The molecule has 0 spiro atoms. The van der Waals surface area contributed by atoms with Crippen molar-refractivity contribution in [2.75, 3.05) is 0 Å². The van der Waals surface area contributed by atoms with E-state index in [2.05, 4.69) is 55.7 Å². The van der Waals surface area contributed by atoms with Gasteiger partial charge < -0.3 is 19.4 Å². The van der Waals surface area contributed by atoms with Gasteiger partial charge in [-0.1, -0.05) is 52.1 Å². The molecule has 2 aromatic rings. The fourth-order valence-electron chi connectivity index (χ4n) is 3.11. The van der Waals surface area contributed by atoms with Crippen LogP contribution in [-0.4, -0.2) is 41.3 Å². The molecule has 0 saturated carbocycles. The average Bonchev–Trinajstić information content (AvgIpc) is 2.91. The van der Waals surface area contributed by atoms with Gasteiger partial charge in [0.25, 0.3) is 0 Å². The monoisotopic (exact) mass is 418 g/mol. The summed E-state index contributed by atoms with van der Waals surface area (Å²) in [6.07, 6.45) is 1.55. The lowest BCUT2D eigenvalue weighted by Gasteiger charge is -2.38. The van der Waals surface area contributed by atoms with E-state index >= 15 is 0 Å². The van der Waals surface area contributed by atoms with Crippen LogP contribution in [-0.2, 0) is 16.0 Å². The van der Waals surface area contributed by atoms with Gasteiger partial charge in [0.1, 0.15) is 11.6 Å². The van der Waals surface area contributed by atoms with Crippen LogP contribution in [0.3, 0.4) is 0 Å². The van der Waals surface area contributed by atoms with E-state index in [0.29, 0.717) is 0 Å². The number of alkyl carbamates (subject to hydrolysis) is 1. The Labute approximate surface area is 174 Å². The van der Waals surface area contributed by atoms with Crippen molar-refractivity contribution in [3.63, 3.8) is 0 Å². The van der Waals surface area contributed by atoms with Crippen LogP contribution in [0.4, 0.5) is 4.79 Å². The van der Waals surface area contributed by atoms with E-state index in [0.717, 1.165) is 16.5 Å². The normalized spacial score (nSPS) is 13.9. The SMILES string of the molecule is CC(C)(C)OC(=O)NC(Cc1cn([Si](C)(C)C(C)(C)C)c2ccccc12)C(=O)O. The van der Waals surface area contributed by atoms with Gasteiger partial charge in [0.05, 0.1) is 0 Å². The fourth-order valence-corrected chi connectivity index (χ4v) is 5.11. The number of nitrogens with one attached hydrogen (secondary N) is 1. The minimum Gasteiger partial charge on any atom is -0.480 e. The molecule has 1 heterocycles. The maximum Gasteiger partial charge on any atom is 0.408 e. The van der Waals surface area contributed by atoms with Gasteiger partial charge in [-0.15, -0.1) is 0 Å². The lowest BCUT2D eigenvalue weighted by atomic mass is 10.1. The van der Waals surface area contributed by atoms with Crippen LogP contribution < -0.4 is 5.32 Å². The summed E-state index contributed by atoms with van der Waals surface area (Å²) < 4.78 is 7.59. The molecular weight excluding hydrogens is 384 g/mol. The van der Waals surface area contributed by atoms with Crippen LogP contribution in [0.1, 0.15) is 47.1 Å². The molecule has 7 heteroatoms. The summed E-state index contributed by atoms with van der Waals surface area (Å²) in [5.41, 5.74) is 1.33. The van der Waals surface area contributed by atoms with Gasteiger partial charge in [-0.3, -0.25) is 0 Å². The van der Waals surface area contributed by atoms with Crippen molar-refractivity contribution in [3.05, 3.63) is 36.0 Å². The molecule has 0 aliphatic heterocycles. The van der Waals surface area contributed by atoms with Crippen molar-refractivity contribution < 1.29 is 19.4 Å². The molecule has 0 radical (unpaired) electrons. The maximum absolute atomic E-state index is 12.1. The van der Waals surface area contributed by atoms with E-state index in [-0.39, 0.29) is 11.5 Å². The van der Waals surface area contributed by atoms with Gasteiger partial charge >= 0.3 is 12.1 Å². The fraction of sp³-hybridized carbons (Fsp3) is 0.545. The highest BCUT2D eigenvalue weighted by Gasteiger charge is 2.39. The largest absolute Gasteiger partial charge is 0.480 e. The second-order valence-electron chi connectivity index (χ2n) is 10.1. The van der Waals surface area contributed by atoms with E-state index in [4.69, 9.17) is 4.74 Å². The number of rotatable bonds is 5. The molecule has 0 fully saturated rings. The molecule has 0 bridgehead atoms. The van der Waals surface area contributed by atoms with Crippen molar-refractivity contribution in [2.24, 2.45) is 0 Å². The van der Waals surface area contributed by atoms with Gasteiger partial charge in [-0.25, -0.2) is 9.59 Å². The lowest BCUT2D eigenvalue weighted by molar-refractivity contribution is -0.139. The molecule has 0 saturated heterocycles. The highest BCUT2D eigenvalue weighted by Crippen LogP contribution is 2.39. The van der Waals surface area contributed by atoms with Crippen LogP contribution in [0.15, 0.2) is 30.5 Å². The Morgan fingerprint density at radius 2 is 1.72 bits per heavy atom. The molecule has 29 heavy (non-hydrogen) atoms. The van der Waals surface area contributed by atoms with Crippen molar-refractivity contribution in [2.45, 2.75) is 77.7 Å². The number of carboxylic acid groups (broad SMARTS) is 1. The number of fused-ring (bicyclic) bond motifs is 1. The number of nitrogens with zero attached hydrogens (tertiary/aromatic N) is 1. The highest BCUT2D eigenvalue weighted by molar-refractivity contribution is 6.79. The van der Waals surface area contributed by atoms with Crippen LogP contribution in [0.2, 0.25) is 18.1 Å². The van der Waals surface area contributed by atoms with Gasteiger partial charge in [0.15, 0.2) is 8.24 Å². The predicted molar refractivity (Wildman–Crippen MR) is 119 cm³/mol. The second kappa shape index (κ2) is 7.86. The Morgan fingerprint density at radius 1 is 1.14 bits per heavy atom. The first-order valence-electron chi connectivity index (χ1n) is 9.95. The molecule has 1 amide bonds. The Balaban J connectivity index is 2.42. The Bertz CT molecular complexity index is 904. The molecule has 160 valence electrons. The zero-order valence-corrected chi connectivity index (χ0v) is 19.8. The number of carbonyl (C=O) groups excluding carboxylic acids is 1. The molecular formula is C22H34N2O4Si. The molecule has 2 rings (SSSR count). The minimum absolute atomic E-state index is 0.118. The quantitative estimate of drug-likeness (QED) is 0.669. The number of aromatic nitrogens is 1. The molecule has 0 aliphatic rings. The number of hydrogen-bond donors (Lipinski definition) is 2. The molecule has 1 atom stereocenters. The minimum atomic E-state index is -1.91. The molecule has 1 aromatic carbocycles. The predicted octanol–water partition coefficient (Wildman–Crippen LogP) is 5.02. The zero-order chi connectivity index (χ0) is 22.2.